The number of carbonyl (C=O) groups is 1. The van der Waals surface area contributed by atoms with E-state index in [0.29, 0.717) is 26.6 Å². The van der Waals surface area contributed by atoms with E-state index >= 15 is 0 Å². The predicted octanol–water partition coefficient (Wildman–Crippen LogP) is 5.93. The Balaban J connectivity index is 1.65. The Morgan fingerprint density at radius 1 is 1.03 bits per heavy atom. The van der Waals surface area contributed by atoms with E-state index in [1.165, 1.54) is 16.4 Å². The van der Waals surface area contributed by atoms with Crippen LogP contribution >= 0.6 is 35.0 Å². The molecule has 0 aliphatic rings. The number of aromatic nitrogens is 5. The summed E-state index contributed by atoms with van der Waals surface area (Å²) in [7, 11) is 0. The van der Waals surface area contributed by atoms with Gasteiger partial charge in [0, 0.05) is 33.9 Å². The van der Waals surface area contributed by atoms with Gasteiger partial charge in [-0.25, -0.2) is 14.6 Å². The largest absolute Gasteiger partial charge is 0.416 e. The normalized spacial score (nSPS) is 11.4. The van der Waals surface area contributed by atoms with Crippen LogP contribution < -0.4 is 5.32 Å². The molecular formula is C21H13Cl2F3N6OS. The van der Waals surface area contributed by atoms with Crippen LogP contribution in [0.5, 0.6) is 0 Å². The summed E-state index contributed by atoms with van der Waals surface area (Å²) in [6.07, 6.45) is -1.31. The van der Waals surface area contributed by atoms with Crippen molar-refractivity contribution in [1.29, 1.82) is 0 Å². The highest BCUT2D eigenvalue weighted by atomic mass is 35.5. The van der Waals surface area contributed by atoms with E-state index in [0.717, 1.165) is 24.3 Å². The zero-order valence-corrected chi connectivity index (χ0v) is 19.3. The summed E-state index contributed by atoms with van der Waals surface area (Å²) in [6.45, 7) is 0. The molecule has 1 N–H and O–H groups in total. The summed E-state index contributed by atoms with van der Waals surface area (Å²) >= 11 is 13.5. The highest BCUT2D eigenvalue weighted by Gasteiger charge is 2.30. The third-order valence-electron chi connectivity index (χ3n) is 4.42. The quantitative estimate of drug-likeness (QED) is 0.248. The van der Waals surface area contributed by atoms with Gasteiger partial charge in [0.15, 0.2) is 10.9 Å². The van der Waals surface area contributed by atoms with Crippen LogP contribution in [-0.2, 0) is 11.9 Å². The molecule has 2 heterocycles. The molecule has 0 unspecified atom stereocenters. The van der Waals surface area contributed by atoms with Crippen molar-refractivity contribution in [2.45, 2.75) is 17.1 Å². The summed E-state index contributed by atoms with van der Waals surface area (Å²) < 4.78 is 39.8. The molecule has 0 aliphatic carbocycles. The zero-order valence-electron chi connectivity index (χ0n) is 16.9. The molecule has 0 aliphatic heterocycles. The number of amides is 1. The van der Waals surface area contributed by atoms with Crippen molar-refractivity contribution in [1.82, 2.24) is 25.0 Å². The van der Waals surface area contributed by atoms with Gasteiger partial charge in [-0.15, -0.1) is 5.10 Å². The molecule has 0 spiro atoms. The number of thioether (sulfide) groups is 1. The molecule has 0 atom stereocenters. The molecule has 0 saturated carbocycles. The SMILES string of the molecule is O=C(Nc1ccc(C(F)(F)F)cc1)c1nnn(-c2cc(Cl)cc(Cl)c2)c1CSc1ncccn1. The van der Waals surface area contributed by atoms with E-state index in [2.05, 4.69) is 25.6 Å². The van der Waals surface area contributed by atoms with Crippen molar-refractivity contribution in [3.05, 3.63) is 87.9 Å². The molecular weight excluding hydrogens is 512 g/mol. The molecule has 0 radical (unpaired) electrons. The Morgan fingerprint density at radius 3 is 2.29 bits per heavy atom. The van der Waals surface area contributed by atoms with Gasteiger partial charge in [0.25, 0.3) is 5.91 Å². The average molecular weight is 525 g/mol. The van der Waals surface area contributed by atoms with E-state index in [4.69, 9.17) is 23.2 Å². The lowest BCUT2D eigenvalue weighted by molar-refractivity contribution is -0.137. The van der Waals surface area contributed by atoms with E-state index < -0.39 is 17.6 Å². The summed E-state index contributed by atoms with van der Waals surface area (Å²) in [5.41, 5.74) is 0.181. The van der Waals surface area contributed by atoms with Gasteiger partial charge in [-0.1, -0.05) is 40.2 Å². The highest BCUT2D eigenvalue weighted by molar-refractivity contribution is 7.98. The average Bonchev–Trinajstić information content (AvgIpc) is 3.22. The number of anilines is 1. The van der Waals surface area contributed by atoms with Gasteiger partial charge in [-0.2, -0.15) is 13.2 Å². The van der Waals surface area contributed by atoms with Crippen LogP contribution in [0.4, 0.5) is 18.9 Å². The van der Waals surface area contributed by atoms with Gasteiger partial charge >= 0.3 is 6.18 Å². The van der Waals surface area contributed by atoms with Gasteiger partial charge in [0.2, 0.25) is 0 Å². The Hall–Kier alpha value is -3.15. The van der Waals surface area contributed by atoms with Crippen molar-refractivity contribution in [3.8, 4) is 5.69 Å². The maximum Gasteiger partial charge on any atom is 0.416 e. The first-order valence-electron chi connectivity index (χ1n) is 9.50. The van der Waals surface area contributed by atoms with E-state index in [1.54, 1.807) is 36.7 Å². The fourth-order valence-electron chi connectivity index (χ4n) is 2.90. The summed E-state index contributed by atoms with van der Waals surface area (Å²) in [5, 5.41) is 11.8. The lowest BCUT2D eigenvalue weighted by Crippen LogP contribution is -2.15. The van der Waals surface area contributed by atoms with Crippen molar-refractivity contribution >= 4 is 46.6 Å². The minimum absolute atomic E-state index is 0.0283. The first kappa shape index (κ1) is 24.0. The Labute approximate surface area is 205 Å². The zero-order chi connectivity index (χ0) is 24.3. The monoisotopic (exact) mass is 524 g/mol. The summed E-state index contributed by atoms with van der Waals surface area (Å²) in [6, 6.07) is 10.5. The van der Waals surface area contributed by atoms with Crippen LogP contribution in [0.25, 0.3) is 5.69 Å². The Morgan fingerprint density at radius 2 is 1.68 bits per heavy atom. The first-order valence-corrected chi connectivity index (χ1v) is 11.2. The molecule has 34 heavy (non-hydrogen) atoms. The number of benzene rings is 2. The summed E-state index contributed by atoms with van der Waals surface area (Å²) in [5.74, 6) is -0.444. The molecule has 0 saturated heterocycles. The van der Waals surface area contributed by atoms with Gasteiger partial charge < -0.3 is 5.32 Å². The third-order valence-corrected chi connectivity index (χ3v) is 5.74. The minimum atomic E-state index is -4.48. The maximum absolute atomic E-state index is 13.0. The van der Waals surface area contributed by atoms with Crippen LogP contribution in [0.2, 0.25) is 10.0 Å². The van der Waals surface area contributed by atoms with Crippen LogP contribution in [0.3, 0.4) is 0 Å². The van der Waals surface area contributed by atoms with Crippen molar-refractivity contribution < 1.29 is 18.0 Å². The molecule has 2 aromatic heterocycles. The van der Waals surface area contributed by atoms with E-state index in [9.17, 15) is 18.0 Å². The molecule has 174 valence electrons. The fourth-order valence-corrected chi connectivity index (χ4v) is 4.21. The van der Waals surface area contributed by atoms with Gasteiger partial charge in [-0.05, 0) is 48.5 Å². The number of nitrogens with zero attached hydrogens (tertiary/aromatic N) is 5. The van der Waals surface area contributed by atoms with Crippen LogP contribution in [0, 0.1) is 0 Å². The van der Waals surface area contributed by atoms with Crippen molar-refractivity contribution in [3.63, 3.8) is 0 Å². The molecule has 13 heteroatoms. The molecule has 7 nitrogen and oxygen atoms in total. The maximum atomic E-state index is 13.0. The lowest BCUT2D eigenvalue weighted by atomic mass is 10.2. The first-order chi connectivity index (χ1) is 16.2. The number of nitrogens with one attached hydrogen (secondary N) is 1. The number of halogens is 5. The predicted molar refractivity (Wildman–Crippen MR) is 122 cm³/mol. The van der Waals surface area contributed by atoms with E-state index in [1.807, 2.05) is 0 Å². The van der Waals surface area contributed by atoms with Crippen LogP contribution in [0.1, 0.15) is 21.7 Å². The number of alkyl halides is 3. The second kappa shape index (κ2) is 10.00. The van der Waals surface area contributed by atoms with Gasteiger partial charge in [0.1, 0.15) is 0 Å². The second-order valence-corrected chi connectivity index (χ2v) is 8.59. The molecule has 0 bridgehead atoms. The molecule has 1 amide bonds. The van der Waals surface area contributed by atoms with Crippen LogP contribution in [-0.4, -0.2) is 30.9 Å². The Kier molecular flexibility index (Phi) is 7.05. The molecule has 4 rings (SSSR count). The number of hydrogen-bond donors (Lipinski definition) is 1. The third kappa shape index (κ3) is 5.66. The van der Waals surface area contributed by atoms with Gasteiger partial charge in [-0.3, -0.25) is 4.79 Å². The van der Waals surface area contributed by atoms with Crippen molar-refractivity contribution in [2.24, 2.45) is 0 Å². The fraction of sp³-hybridized carbons (Fsp3) is 0.0952. The van der Waals surface area contributed by atoms with Gasteiger partial charge in [0.05, 0.1) is 16.9 Å². The summed E-state index contributed by atoms with van der Waals surface area (Å²) in [4.78, 5) is 21.3. The second-order valence-electron chi connectivity index (χ2n) is 6.77. The minimum Gasteiger partial charge on any atom is -0.321 e. The number of carbonyl (C=O) groups excluding carboxylic acids is 1. The van der Waals surface area contributed by atoms with Crippen molar-refractivity contribution in [2.75, 3.05) is 5.32 Å². The number of rotatable bonds is 6. The smallest absolute Gasteiger partial charge is 0.321 e. The molecule has 0 fully saturated rings. The van der Waals surface area contributed by atoms with Crippen LogP contribution in [0.15, 0.2) is 66.1 Å². The molecule has 4 aromatic rings. The highest BCUT2D eigenvalue weighted by Crippen LogP contribution is 2.30. The molecule has 2 aromatic carbocycles. The topological polar surface area (TPSA) is 85.6 Å². The van der Waals surface area contributed by atoms with E-state index in [-0.39, 0.29) is 17.1 Å². The lowest BCUT2D eigenvalue weighted by Gasteiger charge is -2.10. The number of hydrogen-bond acceptors (Lipinski definition) is 6. The standard InChI is InChI=1S/C21H13Cl2F3N6OS/c22-13-8-14(23)10-16(9-13)32-17(11-34-20-27-6-1-7-28-20)18(30-31-32)19(33)29-15-4-2-12(3-5-15)21(24,25)26/h1-10H,11H2,(H,29,33). The Bertz CT molecular complexity index is 1300.